The van der Waals surface area contributed by atoms with Crippen molar-refractivity contribution in [2.75, 3.05) is 5.75 Å². The molecule has 0 saturated heterocycles. The van der Waals surface area contributed by atoms with Crippen LogP contribution in [0.1, 0.15) is 77.2 Å². The van der Waals surface area contributed by atoms with Gasteiger partial charge in [-0.15, -0.1) is 0 Å². The fourth-order valence-corrected chi connectivity index (χ4v) is 6.07. The molecule has 0 amide bonds. The number of unbranched alkanes of at least 4 members (excludes halogenated alkanes) is 3. The number of thioether (sulfide) groups is 1. The van der Waals surface area contributed by atoms with Crippen LogP contribution in [0.15, 0.2) is 30.3 Å². The van der Waals surface area contributed by atoms with Crippen LogP contribution < -0.4 is 0 Å². The highest BCUT2D eigenvalue weighted by molar-refractivity contribution is 7.99. The minimum atomic E-state index is -0.720. The van der Waals surface area contributed by atoms with E-state index in [4.69, 9.17) is 5.11 Å². The molecule has 5 heteroatoms. The van der Waals surface area contributed by atoms with Gasteiger partial charge in [0.2, 0.25) is 0 Å². The van der Waals surface area contributed by atoms with Crippen LogP contribution in [0.2, 0.25) is 0 Å². The molecule has 0 aliphatic heterocycles. The minimum Gasteiger partial charge on any atom is -0.481 e. The van der Waals surface area contributed by atoms with Crippen LogP contribution in [-0.2, 0) is 11.2 Å². The van der Waals surface area contributed by atoms with Crippen molar-refractivity contribution in [3.63, 3.8) is 0 Å². The lowest BCUT2D eigenvalue weighted by Crippen LogP contribution is -2.33. The molecule has 1 aliphatic rings. The molecule has 170 valence electrons. The summed E-state index contributed by atoms with van der Waals surface area (Å²) in [5, 5.41) is 30.4. The Balaban J connectivity index is 1.72. The number of aryl methyl sites for hydroxylation is 1. The lowest BCUT2D eigenvalue weighted by atomic mass is 9.81. The third-order valence-electron chi connectivity index (χ3n) is 6.67. The molecule has 1 saturated carbocycles. The van der Waals surface area contributed by atoms with E-state index in [-0.39, 0.29) is 24.0 Å². The summed E-state index contributed by atoms with van der Waals surface area (Å²) in [5.41, 5.74) is 1.17. The number of aliphatic carboxylic acids is 1. The smallest absolute Gasteiger partial charge is 0.303 e. The number of aliphatic hydroxyl groups is 2. The van der Waals surface area contributed by atoms with Crippen molar-refractivity contribution in [3.05, 3.63) is 35.9 Å². The predicted molar refractivity (Wildman–Crippen MR) is 125 cm³/mol. The Kier molecular flexibility index (Phi) is 10.7. The molecule has 4 atom stereocenters. The van der Waals surface area contributed by atoms with Gasteiger partial charge in [0.25, 0.3) is 0 Å². The van der Waals surface area contributed by atoms with E-state index in [2.05, 4.69) is 38.1 Å². The zero-order chi connectivity index (χ0) is 22.0. The average Bonchev–Trinajstić information content (AvgIpc) is 3.07. The van der Waals surface area contributed by atoms with Crippen LogP contribution in [-0.4, -0.2) is 44.5 Å². The summed E-state index contributed by atoms with van der Waals surface area (Å²) in [6.45, 7) is 4.30. The third kappa shape index (κ3) is 8.60. The highest BCUT2D eigenvalue weighted by Gasteiger charge is 2.36. The summed E-state index contributed by atoms with van der Waals surface area (Å²) in [4.78, 5) is 10.6. The first-order valence-electron chi connectivity index (χ1n) is 11.5. The van der Waals surface area contributed by atoms with E-state index in [1.807, 2.05) is 17.8 Å². The molecule has 0 aromatic heterocycles. The SMILES string of the molecule is CC(C)(CCc1ccccc1)C(O)CSC1CCC(O)C1CCCCCCC(=O)O. The third-order valence-corrected chi connectivity index (χ3v) is 8.19. The van der Waals surface area contributed by atoms with Crippen molar-refractivity contribution in [1.29, 1.82) is 0 Å². The van der Waals surface area contributed by atoms with Gasteiger partial charge in [0, 0.05) is 17.4 Å². The lowest BCUT2D eigenvalue weighted by molar-refractivity contribution is -0.137. The highest BCUT2D eigenvalue weighted by atomic mass is 32.2. The maximum Gasteiger partial charge on any atom is 0.303 e. The Morgan fingerprint density at radius 2 is 1.83 bits per heavy atom. The first-order valence-corrected chi connectivity index (χ1v) is 12.6. The van der Waals surface area contributed by atoms with Gasteiger partial charge in [-0.25, -0.2) is 0 Å². The maximum absolute atomic E-state index is 10.9. The maximum atomic E-state index is 10.9. The number of aliphatic hydroxyl groups excluding tert-OH is 2. The van der Waals surface area contributed by atoms with Crippen molar-refractivity contribution in [1.82, 2.24) is 0 Å². The van der Waals surface area contributed by atoms with E-state index in [1.54, 1.807) is 0 Å². The van der Waals surface area contributed by atoms with Gasteiger partial charge in [-0.3, -0.25) is 4.79 Å². The van der Waals surface area contributed by atoms with Crippen LogP contribution in [0.25, 0.3) is 0 Å². The Hall–Kier alpha value is -1.04. The fourth-order valence-electron chi connectivity index (χ4n) is 4.32. The second kappa shape index (κ2) is 12.7. The van der Waals surface area contributed by atoms with E-state index >= 15 is 0 Å². The summed E-state index contributed by atoms with van der Waals surface area (Å²) in [6.07, 6.45) is 8.22. The second-order valence-corrected chi connectivity index (χ2v) is 10.8. The monoisotopic (exact) mass is 436 g/mol. The number of carboxylic acids is 1. The molecule has 0 heterocycles. The fraction of sp³-hybridized carbons (Fsp3) is 0.720. The molecule has 4 unspecified atom stereocenters. The molecule has 0 bridgehead atoms. The van der Waals surface area contributed by atoms with Gasteiger partial charge in [-0.05, 0) is 55.4 Å². The first kappa shape index (κ1) is 25.2. The van der Waals surface area contributed by atoms with E-state index in [0.717, 1.165) is 57.8 Å². The Morgan fingerprint density at radius 1 is 1.13 bits per heavy atom. The molecule has 0 radical (unpaired) electrons. The van der Waals surface area contributed by atoms with Gasteiger partial charge in [0.05, 0.1) is 12.2 Å². The standard InChI is InChI=1S/C25H40O4S/c1-25(2,17-16-19-10-6-5-7-11-19)23(27)18-30-22-15-14-21(26)20(22)12-8-3-4-9-13-24(28)29/h5-7,10-11,20-23,26-27H,3-4,8-9,12-18H2,1-2H3,(H,28,29). The second-order valence-electron chi connectivity index (χ2n) is 9.52. The van der Waals surface area contributed by atoms with E-state index in [1.165, 1.54) is 5.56 Å². The number of carbonyl (C=O) groups is 1. The van der Waals surface area contributed by atoms with Crippen LogP contribution in [0.3, 0.4) is 0 Å². The molecule has 1 aliphatic carbocycles. The van der Waals surface area contributed by atoms with Crippen molar-refractivity contribution in [2.24, 2.45) is 11.3 Å². The Labute approximate surface area is 186 Å². The Bertz CT molecular complexity index is 619. The number of hydrogen-bond donors (Lipinski definition) is 3. The molecule has 0 spiro atoms. The van der Waals surface area contributed by atoms with Crippen molar-refractivity contribution >= 4 is 17.7 Å². The van der Waals surface area contributed by atoms with Gasteiger partial charge < -0.3 is 15.3 Å². The zero-order valence-electron chi connectivity index (χ0n) is 18.6. The molecule has 4 nitrogen and oxygen atoms in total. The summed E-state index contributed by atoms with van der Waals surface area (Å²) in [7, 11) is 0. The molecule has 1 aromatic carbocycles. The van der Waals surface area contributed by atoms with E-state index in [9.17, 15) is 15.0 Å². The summed E-state index contributed by atoms with van der Waals surface area (Å²) >= 11 is 1.84. The first-order chi connectivity index (χ1) is 14.3. The molecule has 3 N–H and O–H groups in total. The Morgan fingerprint density at radius 3 is 2.53 bits per heavy atom. The van der Waals surface area contributed by atoms with Gasteiger partial charge >= 0.3 is 5.97 Å². The normalized spacial score (nSPS) is 22.9. The number of benzene rings is 1. The number of hydrogen-bond acceptors (Lipinski definition) is 4. The van der Waals surface area contributed by atoms with Crippen LogP contribution >= 0.6 is 11.8 Å². The van der Waals surface area contributed by atoms with Gasteiger partial charge in [-0.1, -0.05) is 63.4 Å². The topological polar surface area (TPSA) is 77.8 Å². The number of rotatable bonds is 14. The highest BCUT2D eigenvalue weighted by Crippen LogP contribution is 2.40. The minimum absolute atomic E-state index is 0.139. The van der Waals surface area contributed by atoms with Crippen molar-refractivity contribution in [2.45, 2.75) is 95.5 Å². The van der Waals surface area contributed by atoms with E-state index in [0.29, 0.717) is 16.9 Å². The number of carboxylic acid groups (broad SMARTS) is 1. The summed E-state index contributed by atoms with van der Waals surface area (Å²) < 4.78 is 0. The van der Waals surface area contributed by atoms with Gasteiger partial charge in [-0.2, -0.15) is 11.8 Å². The summed E-state index contributed by atoms with van der Waals surface area (Å²) in [6, 6.07) is 10.4. The van der Waals surface area contributed by atoms with Crippen LogP contribution in [0.4, 0.5) is 0 Å². The molecular formula is C25H40O4S. The largest absolute Gasteiger partial charge is 0.481 e. The molecule has 2 rings (SSSR count). The zero-order valence-corrected chi connectivity index (χ0v) is 19.4. The van der Waals surface area contributed by atoms with Crippen molar-refractivity contribution < 1.29 is 20.1 Å². The van der Waals surface area contributed by atoms with Crippen LogP contribution in [0, 0.1) is 11.3 Å². The summed E-state index contributed by atoms with van der Waals surface area (Å²) in [5.74, 6) is 0.297. The quantitative estimate of drug-likeness (QED) is 0.345. The molecule has 30 heavy (non-hydrogen) atoms. The van der Waals surface area contributed by atoms with Crippen LogP contribution in [0.5, 0.6) is 0 Å². The van der Waals surface area contributed by atoms with Gasteiger partial charge in [0.1, 0.15) is 0 Å². The molecular weight excluding hydrogens is 396 g/mol. The predicted octanol–water partition coefficient (Wildman–Crippen LogP) is 5.30. The molecule has 1 aromatic rings. The van der Waals surface area contributed by atoms with Crippen molar-refractivity contribution in [3.8, 4) is 0 Å². The van der Waals surface area contributed by atoms with E-state index < -0.39 is 5.97 Å². The molecule has 1 fully saturated rings. The van der Waals surface area contributed by atoms with Gasteiger partial charge in [0.15, 0.2) is 0 Å². The average molecular weight is 437 g/mol. The lowest BCUT2D eigenvalue weighted by Gasteiger charge is -2.32.